The van der Waals surface area contributed by atoms with Gasteiger partial charge in [0.15, 0.2) is 0 Å². The van der Waals surface area contributed by atoms with Crippen LogP contribution >= 0.6 is 0 Å². The van der Waals surface area contributed by atoms with Gasteiger partial charge in [0.1, 0.15) is 0 Å². The maximum absolute atomic E-state index is 2.71. The molecule has 2 aliphatic rings. The Hall–Kier alpha value is 1.30. The predicted molar refractivity (Wildman–Crippen MR) is 81.0 cm³/mol. The van der Waals surface area contributed by atoms with Gasteiger partial charge in [-0.3, -0.25) is 0 Å². The van der Waals surface area contributed by atoms with Gasteiger partial charge in [-0.25, -0.2) is 0 Å². The normalized spacial score (nSPS) is 33.2. The van der Waals surface area contributed by atoms with Crippen LogP contribution in [0.15, 0.2) is 26.6 Å². The van der Waals surface area contributed by atoms with Gasteiger partial charge in [0.05, 0.1) is 0 Å². The van der Waals surface area contributed by atoms with Crippen LogP contribution in [-0.2, 0) is 0 Å². The minimum atomic E-state index is -2.62. The standard InChI is InChI=1S/C12H20Se4/c1-5-16(3,4,6-2)10-9-15-12(16)11-13-7-8-14-11/h7-10H,5-6H2,1-4H3. The van der Waals surface area contributed by atoms with Crippen LogP contribution in [0, 0.1) is 0 Å². The molecule has 0 aliphatic carbocycles. The Kier molecular flexibility index (Phi) is 3.34. The van der Waals surface area contributed by atoms with Crippen molar-refractivity contribution in [1.82, 2.24) is 0 Å². The van der Waals surface area contributed by atoms with E-state index in [-0.39, 0.29) is 0 Å². The summed E-state index contributed by atoms with van der Waals surface area (Å²) in [6, 6.07) is 0. The first-order valence-electron chi connectivity index (χ1n) is 5.48. The van der Waals surface area contributed by atoms with Crippen LogP contribution in [0.4, 0.5) is 0 Å². The van der Waals surface area contributed by atoms with Crippen LogP contribution in [0.2, 0.25) is 22.3 Å². The fourth-order valence-corrected chi connectivity index (χ4v) is 36.6. The van der Waals surface area contributed by atoms with Crippen molar-refractivity contribution in [1.29, 1.82) is 0 Å². The van der Waals surface area contributed by atoms with Crippen molar-refractivity contribution >= 4 is 55.6 Å². The molecule has 2 rings (SSSR count). The average Bonchev–Trinajstić information content (AvgIpc) is 2.87. The Morgan fingerprint density at radius 2 is 1.50 bits per heavy atom. The Morgan fingerprint density at radius 1 is 0.938 bits per heavy atom. The van der Waals surface area contributed by atoms with Crippen molar-refractivity contribution in [3.05, 3.63) is 26.6 Å². The summed E-state index contributed by atoms with van der Waals surface area (Å²) in [5.41, 5.74) is 0. The molecule has 4 heteroatoms. The van der Waals surface area contributed by atoms with Crippen LogP contribution in [0.1, 0.15) is 13.8 Å². The van der Waals surface area contributed by atoms with Gasteiger partial charge in [-0.1, -0.05) is 0 Å². The Balaban J connectivity index is 2.63. The monoisotopic (exact) mass is 484 g/mol. The summed E-state index contributed by atoms with van der Waals surface area (Å²) < 4.78 is 3.88. The van der Waals surface area contributed by atoms with E-state index in [1.54, 1.807) is 0 Å². The maximum atomic E-state index is 2.71. The third-order valence-electron chi connectivity index (χ3n) is 4.26. The quantitative estimate of drug-likeness (QED) is 0.534. The molecule has 0 atom stereocenters. The van der Waals surface area contributed by atoms with Crippen molar-refractivity contribution in [2.75, 3.05) is 0 Å². The summed E-state index contributed by atoms with van der Waals surface area (Å²) in [4.78, 5) is 10.2. The van der Waals surface area contributed by atoms with E-state index in [4.69, 9.17) is 0 Å². The molecule has 0 bridgehead atoms. The molecule has 0 radical (unpaired) electrons. The van der Waals surface area contributed by atoms with Crippen molar-refractivity contribution in [2.24, 2.45) is 0 Å². The van der Waals surface area contributed by atoms with E-state index in [9.17, 15) is 0 Å². The van der Waals surface area contributed by atoms with Gasteiger partial charge in [0.2, 0.25) is 0 Å². The summed E-state index contributed by atoms with van der Waals surface area (Å²) in [5.74, 6) is 5.34. The molecule has 0 nitrogen and oxygen atoms in total. The summed E-state index contributed by atoms with van der Waals surface area (Å²) in [6.45, 7) is 4.88. The molecule has 0 saturated heterocycles. The fraction of sp³-hybridized carbons (Fsp3) is 0.500. The summed E-state index contributed by atoms with van der Waals surface area (Å²) in [5, 5.41) is 2.79. The molecule has 0 spiro atoms. The van der Waals surface area contributed by atoms with E-state index in [1.165, 1.54) is 10.6 Å². The molecule has 0 unspecified atom stereocenters. The Labute approximate surface area is 117 Å². The second kappa shape index (κ2) is 3.89. The first-order valence-corrected chi connectivity index (χ1v) is 18.7. The van der Waals surface area contributed by atoms with E-state index in [2.05, 4.69) is 45.4 Å². The number of hydrogen-bond donors (Lipinski definition) is 0. The molecule has 0 aromatic carbocycles. The second-order valence-electron chi connectivity index (χ2n) is 5.44. The van der Waals surface area contributed by atoms with E-state index in [0.717, 1.165) is 0 Å². The molecule has 0 saturated carbocycles. The van der Waals surface area contributed by atoms with Crippen LogP contribution in [0.5, 0.6) is 0 Å². The van der Waals surface area contributed by atoms with E-state index < -0.39 is 10.7 Å². The van der Waals surface area contributed by atoms with Gasteiger partial charge in [-0.2, -0.15) is 0 Å². The SMILES string of the molecule is CC[Se]1(C)(C)(CC)C=C[Se]C1=C1[Se]C=C[Se]1. The van der Waals surface area contributed by atoms with Gasteiger partial charge in [-0.15, -0.1) is 0 Å². The zero-order valence-corrected chi connectivity index (χ0v) is 17.2. The molecule has 0 amide bonds. The van der Waals surface area contributed by atoms with Crippen molar-refractivity contribution < 1.29 is 0 Å². The zero-order chi connectivity index (χ0) is 11.9. The van der Waals surface area contributed by atoms with E-state index in [0.29, 0.717) is 44.9 Å². The van der Waals surface area contributed by atoms with Crippen LogP contribution in [0.3, 0.4) is 0 Å². The molecular weight excluding hydrogens is 460 g/mol. The van der Waals surface area contributed by atoms with Gasteiger partial charge < -0.3 is 0 Å². The second-order valence-corrected chi connectivity index (χ2v) is 31.9. The summed E-state index contributed by atoms with van der Waals surface area (Å²) in [6.07, 6.45) is 0. The van der Waals surface area contributed by atoms with E-state index in [1.807, 2.05) is 6.74 Å². The van der Waals surface area contributed by atoms with Crippen LogP contribution in [-0.4, -0.2) is 55.6 Å². The fourth-order valence-electron chi connectivity index (χ4n) is 1.90. The molecule has 0 fully saturated rings. The first kappa shape index (κ1) is 13.7. The molecule has 16 heavy (non-hydrogen) atoms. The van der Waals surface area contributed by atoms with E-state index >= 15 is 0 Å². The third kappa shape index (κ3) is 1.83. The molecule has 92 valence electrons. The zero-order valence-electron chi connectivity index (χ0n) is 10.4. The van der Waals surface area contributed by atoms with Gasteiger partial charge in [0, 0.05) is 0 Å². The summed E-state index contributed by atoms with van der Waals surface area (Å²) >= 11 is 2.07. The van der Waals surface area contributed by atoms with Crippen LogP contribution < -0.4 is 0 Å². The van der Waals surface area contributed by atoms with Crippen LogP contribution in [0.25, 0.3) is 0 Å². The average molecular weight is 480 g/mol. The molecule has 2 aliphatic heterocycles. The molecule has 2 heterocycles. The Bertz CT molecular complexity index is 408. The van der Waals surface area contributed by atoms with Crippen molar-refractivity contribution in [3.8, 4) is 0 Å². The first-order chi connectivity index (χ1) is 7.39. The van der Waals surface area contributed by atoms with Gasteiger partial charge in [-0.05, 0) is 0 Å². The van der Waals surface area contributed by atoms with Crippen molar-refractivity contribution in [3.63, 3.8) is 0 Å². The van der Waals surface area contributed by atoms with Gasteiger partial charge >= 0.3 is 118 Å². The molecule has 0 N–H and O–H groups in total. The third-order valence-corrected chi connectivity index (χ3v) is 38.6. The molecule has 0 aromatic rings. The predicted octanol–water partition coefficient (Wildman–Crippen LogP) is 3.01. The molecule has 0 aromatic heterocycles. The molecular formula is C12H20Se4. The van der Waals surface area contributed by atoms with Gasteiger partial charge in [0.25, 0.3) is 0 Å². The minimum absolute atomic E-state index is 0.676. The topological polar surface area (TPSA) is 0 Å². The van der Waals surface area contributed by atoms with Crippen molar-refractivity contribution in [2.45, 2.75) is 36.1 Å². The number of hydrogen-bond acceptors (Lipinski definition) is 0. The number of rotatable bonds is 2. The summed E-state index contributed by atoms with van der Waals surface area (Å²) in [7, 11) is -2.62. The Morgan fingerprint density at radius 3 is 2.00 bits per heavy atom.